The molecule has 0 atom stereocenters. The second-order valence-electron chi connectivity index (χ2n) is 4.65. The first-order valence-electron chi connectivity index (χ1n) is 7.02. The Morgan fingerprint density at radius 3 is 2.57 bits per heavy atom. The third-order valence-electron chi connectivity index (χ3n) is 2.84. The smallest absolute Gasteiger partial charge is 0.329 e. The van der Waals surface area contributed by atoms with Crippen LogP contribution in [0.15, 0.2) is 41.0 Å². The van der Waals surface area contributed by atoms with Crippen LogP contribution in [-0.2, 0) is 9.59 Å². The van der Waals surface area contributed by atoms with Gasteiger partial charge in [-0.2, -0.15) is 5.10 Å². The molecular formula is C16H21N3O2. The van der Waals surface area contributed by atoms with Crippen LogP contribution in [-0.4, -0.2) is 18.0 Å². The van der Waals surface area contributed by atoms with Gasteiger partial charge in [-0.3, -0.25) is 9.59 Å². The summed E-state index contributed by atoms with van der Waals surface area (Å²) in [4.78, 5) is 21.6. The van der Waals surface area contributed by atoms with Gasteiger partial charge in [-0.1, -0.05) is 56.2 Å². The Labute approximate surface area is 124 Å². The van der Waals surface area contributed by atoms with Gasteiger partial charge in [0.1, 0.15) is 0 Å². The fourth-order valence-corrected chi connectivity index (χ4v) is 1.75. The van der Waals surface area contributed by atoms with E-state index in [0.29, 0.717) is 0 Å². The SMILES string of the molecule is CCCCCC(C=NNC(=O)C(N)=O)=Cc1ccccc1. The third-order valence-corrected chi connectivity index (χ3v) is 2.84. The molecule has 0 heterocycles. The molecule has 0 radical (unpaired) electrons. The van der Waals surface area contributed by atoms with Crippen molar-refractivity contribution in [2.45, 2.75) is 32.6 Å². The molecule has 0 aliphatic carbocycles. The van der Waals surface area contributed by atoms with Crippen LogP contribution in [0, 0.1) is 0 Å². The van der Waals surface area contributed by atoms with Gasteiger partial charge >= 0.3 is 11.8 Å². The van der Waals surface area contributed by atoms with Gasteiger partial charge in [0.2, 0.25) is 0 Å². The lowest BCUT2D eigenvalue weighted by molar-refractivity contribution is -0.137. The topological polar surface area (TPSA) is 84.6 Å². The number of carbonyl (C=O) groups excluding carboxylic acids is 2. The fourth-order valence-electron chi connectivity index (χ4n) is 1.75. The van der Waals surface area contributed by atoms with Crippen LogP contribution in [0.1, 0.15) is 38.2 Å². The van der Waals surface area contributed by atoms with Crippen LogP contribution in [0.4, 0.5) is 0 Å². The number of benzene rings is 1. The number of hydrogen-bond donors (Lipinski definition) is 2. The molecule has 0 spiro atoms. The molecule has 0 saturated carbocycles. The molecule has 3 N–H and O–H groups in total. The average molecular weight is 287 g/mol. The molecular weight excluding hydrogens is 266 g/mol. The maximum atomic E-state index is 11.0. The average Bonchev–Trinajstić information content (AvgIpc) is 2.48. The zero-order valence-electron chi connectivity index (χ0n) is 12.2. The van der Waals surface area contributed by atoms with Crippen molar-refractivity contribution in [3.63, 3.8) is 0 Å². The molecule has 0 fully saturated rings. The van der Waals surface area contributed by atoms with Crippen LogP contribution in [0.25, 0.3) is 6.08 Å². The standard InChI is InChI=1S/C16H21N3O2/c1-2-3-5-10-14(11-13-8-6-4-7-9-13)12-18-19-16(21)15(17)20/h4,6-9,11-12H,2-3,5,10H2,1H3,(H2,17,20)(H,19,21). The summed E-state index contributed by atoms with van der Waals surface area (Å²) in [5, 5.41) is 3.77. The number of hydrazone groups is 1. The Balaban J connectivity index is 2.72. The van der Waals surface area contributed by atoms with Crippen molar-refractivity contribution in [1.82, 2.24) is 5.43 Å². The molecule has 112 valence electrons. The van der Waals surface area contributed by atoms with E-state index < -0.39 is 11.8 Å². The van der Waals surface area contributed by atoms with Gasteiger partial charge in [-0.15, -0.1) is 0 Å². The number of nitrogens with two attached hydrogens (primary N) is 1. The minimum absolute atomic E-state index is 0.860. The van der Waals surface area contributed by atoms with Gasteiger partial charge in [0, 0.05) is 0 Å². The summed E-state index contributed by atoms with van der Waals surface area (Å²) in [7, 11) is 0. The zero-order chi connectivity index (χ0) is 15.5. The van der Waals surface area contributed by atoms with Crippen molar-refractivity contribution in [3.8, 4) is 0 Å². The summed E-state index contributed by atoms with van der Waals surface area (Å²) in [5.41, 5.74) is 8.99. The first kappa shape index (κ1) is 16.6. The number of rotatable bonds is 7. The number of nitrogens with one attached hydrogen (secondary N) is 1. The largest absolute Gasteiger partial charge is 0.361 e. The lowest BCUT2D eigenvalue weighted by Gasteiger charge is -2.02. The zero-order valence-corrected chi connectivity index (χ0v) is 12.2. The molecule has 1 aromatic rings. The third kappa shape index (κ3) is 7.06. The summed E-state index contributed by atoms with van der Waals surface area (Å²) in [5.74, 6) is -1.97. The Morgan fingerprint density at radius 1 is 1.24 bits per heavy atom. The van der Waals surface area contributed by atoms with Crippen LogP contribution < -0.4 is 11.2 Å². The summed E-state index contributed by atoms with van der Waals surface area (Å²) in [6.45, 7) is 2.14. The molecule has 0 aromatic heterocycles. The van der Waals surface area contributed by atoms with Gasteiger partial charge in [0.15, 0.2) is 0 Å². The van der Waals surface area contributed by atoms with E-state index in [4.69, 9.17) is 5.73 Å². The van der Waals surface area contributed by atoms with Crippen molar-refractivity contribution in [2.75, 3.05) is 0 Å². The fraction of sp³-hybridized carbons (Fsp3) is 0.312. The number of hydrogen-bond acceptors (Lipinski definition) is 3. The predicted molar refractivity (Wildman–Crippen MR) is 84.4 cm³/mol. The highest BCUT2D eigenvalue weighted by Crippen LogP contribution is 2.12. The van der Waals surface area contributed by atoms with E-state index in [1.165, 1.54) is 0 Å². The Kier molecular flexibility index (Phi) is 7.50. The van der Waals surface area contributed by atoms with E-state index in [2.05, 4.69) is 17.5 Å². The van der Waals surface area contributed by atoms with E-state index in [0.717, 1.165) is 36.8 Å². The quantitative estimate of drug-likeness (QED) is 0.349. The van der Waals surface area contributed by atoms with Crippen LogP contribution in [0.2, 0.25) is 0 Å². The van der Waals surface area contributed by atoms with Gasteiger partial charge in [0.05, 0.1) is 6.21 Å². The predicted octanol–water partition coefficient (Wildman–Crippen LogP) is 2.24. The van der Waals surface area contributed by atoms with Crippen molar-refractivity contribution in [2.24, 2.45) is 10.8 Å². The van der Waals surface area contributed by atoms with Gasteiger partial charge in [0.25, 0.3) is 0 Å². The van der Waals surface area contributed by atoms with E-state index in [1.54, 1.807) is 6.21 Å². The first-order valence-corrected chi connectivity index (χ1v) is 7.02. The number of amides is 2. The number of nitrogens with zero attached hydrogens (tertiary/aromatic N) is 1. The monoisotopic (exact) mass is 287 g/mol. The molecule has 0 aliphatic rings. The molecule has 1 rings (SSSR count). The normalized spacial score (nSPS) is 11.6. The van der Waals surface area contributed by atoms with Crippen molar-refractivity contribution < 1.29 is 9.59 Å². The minimum atomic E-state index is -1.05. The van der Waals surface area contributed by atoms with Crippen molar-refractivity contribution in [3.05, 3.63) is 41.5 Å². The summed E-state index contributed by atoms with van der Waals surface area (Å²) < 4.78 is 0. The number of carbonyl (C=O) groups is 2. The Hall–Kier alpha value is -2.43. The lowest BCUT2D eigenvalue weighted by atomic mass is 10.1. The number of unbranched alkanes of at least 4 members (excludes halogenated alkanes) is 2. The van der Waals surface area contributed by atoms with Crippen molar-refractivity contribution in [1.29, 1.82) is 0 Å². The van der Waals surface area contributed by atoms with Crippen LogP contribution >= 0.6 is 0 Å². The molecule has 0 saturated heterocycles. The Bertz CT molecular complexity index is 522. The second kappa shape index (κ2) is 9.47. The van der Waals surface area contributed by atoms with Crippen molar-refractivity contribution >= 4 is 24.1 Å². The highest BCUT2D eigenvalue weighted by molar-refractivity contribution is 6.34. The van der Waals surface area contributed by atoms with E-state index >= 15 is 0 Å². The van der Waals surface area contributed by atoms with Gasteiger partial charge in [-0.05, 0) is 24.0 Å². The lowest BCUT2D eigenvalue weighted by Crippen LogP contribution is -2.32. The molecule has 21 heavy (non-hydrogen) atoms. The molecule has 2 amide bonds. The summed E-state index contributed by atoms with van der Waals surface area (Å²) in [6.07, 6.45) is 7.74. The van der Waals surface area contributed by atoms with Gasteiger partial charge < -0.3 is 5.73 Å². The molecule has 5 heteroatoms. The van der Waals surface area contributed by atoms with Crippen LogP contribution in [0.3, 0.4) is 0 Å². The molecule has 0 aliphatic heterocycles. The maximum Gasteiger partial charge on any atom is 0.329 e. The second-order valence-corrected chi connectivity index (χ2v) is 4.65. The number of allylic oxidation sites excluding steroid dienone is 1. The van der Waals surface area contributed by atoms with E-state index in [-0.39, 0.29) is 0 Å². The minimum Gasteiger partial charge on any atom is -0.361 e. The highest BCUT2D eigenvalue weighted by atomic mass is 16.2. The summed E-state index contributed by atoms with van der Waals surface area (Å²) >= 11 is 0. The molecule has 5 nitrogen and oxygen atoms in total. The maximum absolute atomic E-state index is 11.0. The number of primary amides is 1. The molecule has 0 bridgehead atoms. The Morgan fingerprint density at radius 2 is 1.95 bits per heavy atom. The molecule has 0 unspecified atom stereocenters. The highest BCUT2D eigenvalue weighted by Gasteiger charge is 2.05. The first-order chi connectivity index (χ1) is 10.1. The van der Waals surface area contributed by atoms with Gasteiger partial charge in [-0.25, -0.2) is 5.43 Å². The summed E-state index contributed by atoms with van der Waals surface area (Å²) in [6, 6.07) is 9.86. The van der Waals surface area contributed by atoms with E-state index in [9.17, 15) is 9.59 Å². The van der Waals surface area contributed by atoms with Crippen LogP contribution in [0.5, 0.6) is 0 Å². The molecule has 1 aromatic carbocycles. The van der Waals surface area contributed by atoms with E-state index in [1.807, 2.05) is 36.4 Å².